The number of nitrogens with zero attached hydrogens (tertiary/aromatic N) is 1. The van der Waals surface area contributed by atoms with E-state index in [4.69, 9.17) is 5.73 Å². The van der Waals surface area contributed by atoms with Gasteiger partial charge in [-0.2, -0.15) is 5.10 Å². The molecule has 0 bridgehead atoms. The molecule has 0 fully saturated rings. The maximum atomic E-state index is 11.7. The van der Waals surface area contributed by atoms with Crippen LogP contribution in [-0.2, 0) is 4.79 Å². The molecule has 7 nitrogen and oxygen atoms in total. The molecule has 1 aromatic heterocycles. The largest absolute Gasteiger partial charge is 0.382 e. The fraction of sp³-hybridized carbons (Fsp3) is 0.444. The van der Waals surface area contributed by atoms with Crippen molar-refractivity contribution in [1.29, 1.82) is 0 Å². The molecule has 2 amide bonds. The summed E-state index contributed by atoms with van der Waals surface area (Å²) >= 11 is 0. The molecule has 0 saturated heterocycles. The second kappa shape index (κ2) is 4.65. The van der Waals surface area contributed by atoms with Gasteiger partial charge in [0.2, 0.25) is 5.91 Å². The van der Waals surface area contributed by atoms with E-state index in [0.29, 0.717) is 5.69 Å². The van der Waals surface area contributed by atoms with Gasteiger partial charge in [-0.1, -0.05) is 0 Å². The van der Waals surface area contributed by atoms with E-state index in [2.05, 4.69) is 20.8 Å². The molecular weight excluding hydrogens is 210 g/mol. The number of aromatic amines is 1. The SMILES string of the molecule is CNC(=O)C(C)NC(=O)c1c(N)n[nH]c1C. The average molecular weight is 225 g/mol. The number of anilines is 1. The lowest BCUT2D eigenvalue weighted by atomic mass is 10.2. The van der Waals surface area contributed by atoms with Crippen molar-refractivity contribution in [2.75, 3.05) is 12.8 Å². The summed E-state index contributed by atoms with van der Waals surface area (Å²) in [6, 6.07) is -0.619. The predicted molar refractivity (Wildman–Crippen MR) is 58.7 cm³/mol. The van der Waals surface area contributed by atoms with Crippen LogP contribution in [0, 0.1) is 6.92 Å². The Hall–Kier alpha value is -2.05. The summed E-state index contributed by atoms with van der Waals surface area (Å²) in [6.45, 7) is 3.27. The van der Waals surface area contributed by atoms with Crippen LogP contribution in [0.3, 0.4) is 0 Å². The number of aromatic nitrogens is 2. The topological polar surface area (TPSA) is 113 Å². The van der Waals surface area contributed by atoms with Crippen LogP contribution >= 0.6 is 0 Å². The third-order valence-electron chi connectivity index (χ3n) is 2.19. The zero-order chi connectivity index (χ0) is 12.3. The van der Waals surface area contributed by atoms with Crippen LogP contribution in [0.25, 0.3) is 0 Å². The molecule has 1 rings (SSSR count). The van der Waals surface area contributed by atoms with Gasteiger partial charge in [0.25, 0.3) is 5.91 Å². The summed E-state index contributed by atoms with van der Waals surface area (Å²) in [7, 11) is 1.50. The number of H-pyrrole nitrogens is 1. The highest BCUT2D eigenvalue weighted by Gasteiger charge is 2.20. The maximum absolute atomic E-state index is 11.7. The number of nitrogens with one attached hydrogen (secondary N) is 3. The average Bonchev–Trinajstić information content (AvgIpc) is 2.57. The van der Waals surface area contributed by atoms with E-state index in [1.165, 1.54) is 7.05 Å². The van der Waals surface area contributed by atoms with Gasteiger partial charge in [0.1, 0.15) is 11.6 Å². The number of rotatable bonds is 3. The van der Waals surface area contributed by atoms with Crippen LogP contribution < -0.4 is 16.4 Å². The van der Waals surface area contributed by atoms with Crippen LogP contribution in [-0.4, -0.2) is 35.1 Å². The molecular formula is C9H15N5O2. The number of carbonyl (C=O) groups is 2. The Bertz CT molecular complexity index is 393. The Labute approximate surface area is 92.8 Å². The van der Waals surface area contributed by atoms with Crippen molar-refractivity contribution in [3.63, 3.8) is 0 Å². The molecule has 0 aliphatic rings. The van der Waals surface area contributed by atoms with Crippen LogP contribution in [0.2, 0.25) is 0 Å². The van der Waals surface area contributed by atoms with E-state index >= 15 is 0 Å². The molecule has 1 heterocycles. The van der Waals surface area contributed by atoms with Crippen LogP contribution in [0.1, 0.15) is 23.0 Å². The molecule has 0 spiro atoms. The number of hydrogen-bond acceptors (Lipinski definition) is 4. The van der Waals surface area contributed by atoms with Gasteiger partial charge in [-0.15, -0.1) is 0 Å². The zero-order valence-corrected chi connectivity index (χ0v) is 9.42. The summed E-state index contributed by atoms with van der Waals surface area (Å²) < 4.78 is 0. The molecule has 16 heavy (non-hydrogen) atoms. The summed E-state index contributed by atoms with van der Waals surface area (Å²) in [5.74, 6) is -0.563. The molecule has 0 aliphatic carbocycles. The molecule has 1 unspecified atom stereocenters. The van der Waals surface area contributed by atoms with Crippen molar-refractivity contribution in [2.24, 2.45) is 0 Å². The zero-order valence-electron chi connectivity index (χ0n) is 9.42. The van der Waals surface area contributed by atoms with Gasteiger partial charge < -0.3 is 16.4 Å². The first-order chi connectivity index (χ1) is 7.47. The molecule has 1 atom stereocenters. The molecule has 0 saturated carbocycles. The first kappa shape index (κ1) is 12.0. The summed E-state index contributed by atoms with van der Waals surface area (Å²) in [6.07, 6.45) is 0. The number of nitrogen functional groups attached to an aromatic ring is 1. The fourth-order valence-corrected chi connectivity index (χ4v) is 1.29. The highest BCUT2D eigenvalue weighted by atomic mass is 16.2. The highest BCUT2D eigenvalue weighted by Crippen LogP contribution is 2.11. The van der Waals surface area contributed by atoms with Gasteiger partial charge >= 0.3 is 0 Å². The number of amides is 2. The Morgan fingerprint density at radius 1 is 1.50 bits per heavy atom. The van der Waals surface area contributed by atoms with Gasteiger partial charge in [-0.05, 0) is 13.8 Å². The van der Waals surface area contributed by atoms with E-state index in [1.807, 2.05) is 0 Å². The van der Waals surface area contributed by atoms with Gasteiger partial charge in [-0.25, -0.2) is 0 Å². The molecule has 0 radical (unpaired) electrons. The quantitative estimate of drug-likeness (QED) is 0.537. The van der Waals surface area contributed by atoms with E-state index < -0.39 is 11.9 Å². The van der Waals surface area contributed by atoms with Crippen LogP contribution in [0.15, 0.2) is 0 Å². The van der Waals surface area contributed by atoms with Crippen molar-refractivity contribution >= 4 is 17.6 Å². The Morgan fingerprint density at radius 2 is 2.12 bits per heavy atom. The van der Waals surface area contributed by atoms with Crippen LogP contribution in [0.5, 0.6) is 0 Å². The minimum Gasteiger partial charge on any atom is -0.382 e. The van der Waals surface area contributed by atoms with Gasteiger partial charge in [-0.3, -0.25) is 14.7 Å². The Kier molecular flexibility index (Phi) is 3.49. The van der Waals surface area contributed by atoms with Crippen molar-refractivity contribution in [3.8, 4) is 0 Å². The highest BCUT2D eigenvalue weighted by molar-refractivity contribution is 6.01. The Balaban J connectivity index is 2.77. The minimum absolute atomic E-state index is 0.124. The normalized spacial score (nSPS) is 11.9. The van der Waals surface area contributed by atoms with Crippen molar-refractivity contribution in [1.82, 2.24) is 20.8 Å². The lowest BCUT2D eigenvalue weighted by molar-refractivity contribution is -0.122. The monoisotopic (exact) mass is 225 g/mol. The van der Waals surface area contributed by atoms with E-state index in [9.17, 15) is 9.59 Å². The summed E-state index contributed by atoms with van der Waals surface area (Å²) in [5.41, 5.74) is 6.37. The lowest BCUT2D eigenvalue weighted by Gasteiger charge is -2.11. The first-order valence-electron chi connectivity index (χ1n) is 4.80. The fourth-order valence-electron chi connectivity index (χ4n) is 1.29. The van der Waals surface area contributed by atoms with Crippen molar-refractivity contribution in [3.05, 3.63) is 11.3 Å². The van der Waals surface area contributed by atoms with Gasteiger partial charge in [0.15, 0.2) is 5.82 Å². The summed E-state index contributed by atoms with van der Waals surface area (Å²) in [5, 5.41) is 11.3. The third-order valence-corrected chi connectivity index (χ3v) is 2.19. The predicted octanol–water partition coefficient (Wildman–Crippen LogP) is -0.835. The Morgan fingerprint density at radius 3 is 2.56 bits per heavy atom. The first-order valence-corrected chi connectivity index (χ1v) is 4.80. The molecule has 7 heteroatoms. The molecule has 5 N–H and O–H groups in total. The number of nitrogens with two attached hydrogens (primary N) is 1. The van der Waals surface area contributed by atoms with E-state index in [-0.39, 0.29) is 17.3 Å². The van der Waals surface area contributed by atoms with Crippen molar-refractivity contribution in [2.45, 2.75) is 19.9 Å². The van der Waals surface area contributed by atoms with E-state index in [1.54, 1.807) is 13.8 Å². The third kappa shape index (κ3) is 2.30. The molecule has 88 valence electrons. The molecule has 0 aliphatic heterocycles. The second-order valence-electron chi connectivity index (χ2n) is 3.42. The second-order valence-corrected chi connectivity index (χ2v) is 3.42. The molecule has 0 aromatic carbocycles. The smallest absolute Gasteiger partial charge is 0.257 e. The summed E-state index contributed by atoms with van der Waals surface area (Å²) in [4.78, 5) is 23.0. The van der Waals surface area contributed by atoms with Gasteiger partial charge in [0.05, 0.1) is 0 Å². The number of likely N-dealkylation sites (N-methyl/N-ethyl adjacent to an activating group) is 1. The minimum atomic E-state index is -0.619. The van der Waals surface area contributed by atoms with Crippen LogP contribution in [0.4, 0.5) is 5.82 Å². The molecule has 1 aromatic rings. The van der Waals surface area contributed by atoms with E-state index in [0.717, 1.165) is 0 Å². The number of carbonyl (C=O) groups excluding carboxylic acids is 2. The van der Waals surface area contributed by atoms with Gasteiger partial charge in [0, 0.05) is 12.7 Å². The number of hydrogen-bond donors (Lipinski definition) is 4. The maximum Gasteiger partial charge on any atom is 0.257 e. The standard InChI is InChI=1S/C9H15N5O2/c1-4-6(7(10)14-13-4)9(16)12-5(2)8(15)11-3/h5H,1-3H3,(H,11,15)(H,12,16)(H3,10,13,14). The lowest BCUT2D eigenvalue weighted by Crippen LogP contribution is -2.43. The number of aryl methyl sites for hydroxylation is 1. The van der Waals surface area contributed by atoms with Crippen molar-refractivity contribution < 1.29 is 9.59 Å².